The lowest BCUT2D eigenvalue weighted by Crippen LogP contribution is -2.54. The Morgan fingerprint density at radius 3 is 2.32 bits per heavy atom. The van der Waals surface area contributed by atoms with Gasteiger partial charge in [-0.2, -0.15) is 0 Å². The van der Waals surface area contributed by atoms with Crippen LogP contribution in [0.15, 0.2) is 36.0 Å². The van der Waals surface area contributed by atoms with Gasteiger partial charge in [0, 0.05) is 24.7 Å². The molecule has 4 aliphatic carbocycles. The predicted octanol–water partition coefficient (Wildman–Crippen LogP) is 9.21. The van der Waals surface area contributed by atoms with E-state index in [1.165, 1.54) is 50.5 Å². The highest BCUT2D eigenvalue weighted by atomic mass is 16.5. The summed E-state index contributed by atoms with van der Waals surface area (Å²) < 4.78 is 5.95. The zero-order valence-corrected chi connectivity index (χ0v) is 26.4. The third-order valence-corrected chi connectivity index (χ3v) is 11.4. The van der Waals surface area contributed by atoms with Crippen LogP contribution in [0.25, 0.3) is 0 Å². The summed E-state index contributed by atoms with van der Waals surface area (Å²) in [7, 11) is 0. The van der Waals surface area contributed by atoms with Crippen molar-refractivity contribution in [3.05, 3.63) is 36.0 Å². The number of carbonyl (C=O) groups excluding carboxylic acids is 2. The van der Waals surface area contributed by atoms with E-state index < -0.39 is 6.10 Å². The minimum absolute atomic E-state index is 0.0555. The second-order valence-electron chi connectivity index (χ2n) is 14.1. The van der Waals surface area contributed by atoms with Gasteiger partial charge in [0.15, 0.2) is 0 Å². The van der Waals surface area contributed by atoms with E-state index in [1.54, 1.807) is 0 Å². The van der Waals surface area contributed by atoms with Gasteiger partial charge in [-0.15, -0.1) is 0 Å². The average molecular weight is 567 g/mol. The molecule has 4 nitrogen and oxygen atoms in total. The number of allylic oxidation sites excluding steroid dienone is 4. The fourth-order valence-corrected chi connectivity index (χ4v) is 8.81. The smallest absolute Gasteiger partial charge is 0.306 e. The van der Waals surface area contributed by atoms with Crippen LogP contribution in [0.4, 0.5) is 0 Å². The molecular formula is C37H58O4. The topological polar surface area (TPSA) is 63.6 Å². The second kappa shape index (κ2) is 15.2. The van der Waals surface area contributed by atoms with Gasteiger partial charge < -0.3 is 9.84 Å². The molecule has 3 fully saturated rings. The molecule has 0 heterocycles. The van der Waals surface area contributed by atoms with Gasteiger partial charge in [-0.1, -0.05) is 88.8 Å². The molecule has 0 radical (unpaired) electrons. The van der Waals surface area contributed by atoms with Crippen LogP contribution in [0.1, 0.15) is 143 Å². The quantitative estimate of drug-likeness (QED) is 0.122. The van der Waals surface area contributed by atoms with Crippen LogP contribution in [0.5, 0.6) is 0 Å². The van der Waals surface area contributed by atoms with Gasteiger partial charge in [0.25, 0.3) is 0 Å². The number of hydrogen-bond acceptors (Lipinski definition) is 4. The predicted molar refractivity (Wildman–Crippen MR) is 167 cm³/mol. The third kappa shape index (κ3) is 7.84. The van der Waals surface area contributed by atoms with Crippen molar-refractivity contribution in [1.29, 1.82) is 0 Å². The summed E-state index contributed by atoms with van der Waals surface area (Å²) >= 11 is 0. The van der Waals surface area contributed by atoms with Gasteiger partial charge in [0.2, 0.25) is 0 Å². The molecule has 41 heavy (non-hydrogen) atoms. The summed E-state index contributed by atoms with van der Waals surface area (Å²) in [6.45, 7) is 6.78. The molecule has 4 rings (SSSR count). The number of ketones is 1. The fourth-order valence-electron chi connectivity index (χ4n) is 8.81. The molecule has 3 unspecified atom stereocenters. The minimum Gasteiger partial charge on any atom is -0.462 e. The first-order valence-electron chi connectivity index (χ1n) is 17.2. The second-order valence-corrected chi connectivity index (χ2v) is 14.1. The first-order valence-corrected chi connectivity index (χ1v) is 17.2. The van der Waals surface area contributed by atoms with E-state index in [1.807, 2.05) is 0 Å². The Hall–Kier alpha value is -1.68. The summed E-state index contributed by atoms with van der Waals surface area (Å²) in [4.78, 5) is 25.3. The Morgan fingerprint density at radius 1 is 0.902 bits per heavy atom. The Kier molecular flexibility index (Phi) is 11.9. The van der Waals surface area contributed by atoms with E-state index in [0.717, 1.165) is 64.2 Å². The molecule has 0 saturated heterocycles. The van der Waals surface area contributed by atoms with E-state index in [2.05, 4.69) is 51.2 Å². The number of hydrogen-bond donors (Lipinski definition) is 1. The monoisotopic (exact) mass is 566 g/mol. The molecule has 4 aliphatic rings. The van der Waals surface area contributed by atoms with Crippen LogP contribution in [0.2, 0.25) is 0 Å². The van der Waals surface area contributed by atoms with Gasteiger partial charge in [-0.05, 0) is 93.8 Å². The van der Waals surface area contributed by atoms with Crippen molar-refractivity contribution >= 4 is 11.8 Å². The molecule has 0 aromatic heterocycles. The van der Waals surface area contributed by atoms with Crippen molar-refractivity contribution < 1.29 is 19.4 Å². The number of fused-ring (bicyclic) bond motifs is 5. The molecular weight excluding hydrogens is 508 g/mol. The summed E-state index contributed by atoms with van der Waals surface area (Å²) in [5.74, 6) is 1.26. The van der Waals surface area contributed by atoms with E-state index in [-0.39, 0.29) is 28.8 Å². The summed E-state index contributed by atoms with van der Waals surface area (Å²) in [5.41, 5.74) is 1.11. The highest BCUT2D eigenvalue weighted by Gasteiger charge is 2.60. The van der Waals surface area contributed by atoms with Gasteiger partial charge in [0.05, 0.1) is 6.10 Å². The molecule has 0 aromatic rings. The first kappa shape index (κ1) is 32.2. The first-order chi connectivity index (χ1) is 19.8. The standard InChI is InChI=1S/C37H58O4/c1-4-5-6-7-8-9-10-11-12-13-14-15-16-17-18-19-34(40)41-29-22-24-36(2)28(26-29)27-32(38)35-30-20-21-33(39)37(30,3)25-23-31(35)36/h8-9,11-12,27,29-32,35,38H,4-7,10,13-26H2,1-3H3/b9-8+,12-11-/t29-,30?,31?,32+,35?,36-,37-/m0/s1. The Bertz CT molecular complexity index is 962. The maximum Gasteiger partial charge on any atom is 0.306 e. The number of esters is 1. The van der Waals surface area contributed by atoms with Crippen molar-refractivity contribution in [2.75, 3.05) is 0 Å². The van der Waals surface area contributed by atoms with E-state index >= 15 is 0 Å². The highest BCUT2D eigenvalue weighted by Crippen LogP contribution is 2.64. The van der Waals surface area contributed by atoms with Crippen LogP contribution in [0, 0.1) is 28.6 Å². The van der Waals surface area contributed by atoms with Crippen molar-refractivity contribution in [2.24, 2.45) is 28.6 Å². The molecule has 0 spiro atoms. The van der Waals surface area contributed by atoms with Crippen LogP contribution in [0.3, 0.4) is 0 Å². The average Bonchev–Trinajstić information content (AvgIpc) is 3.25. The maximum absolute atomic E-state index is 12.7. The SMILES string of the molecule is CCCCC/C=C/C/C=C\CCCCCCCC(=O)O[C@H]1CC[C@@]2(C)C(=C[C@@H](O)C3C2CC[C@]2(C)C(=O)CCC32)C1. The number of unbranched alkanes of at least 4 members (excludes halogenated alkanes) is 8. The Morgan fingerprint density at radius 2 is 1.56 bits per heavy atom. The van der Waals surface area contributed by atoms with Crippen molar-refractivity contribution in [2.45, 2.75) is 155 Å². The van der Waals surface area contributed by atoms with Crippen molar-refractivity contribution in [3.63, 3.8) is 0 Å². The van der Waals surface area contributed by atoms with Crippen molar-refractivity contribution in [3.8, 4) is 0 Å². The number of ether oxygens (including phenoxy) is 1. The summed E-state index contributed by atoms with van der Waals surface area (Å²) in [6.07, 6.45) is 30.5. The van der Waals surface area contributed by atoms with Gasteiger partial charge in [0.1, 0.15) is 11.9 Å². The molecule has 0 aromatic carbocycles. The molecule has 4 heteroatoms. The summed E-state index contributed by atoms with van der Waals surface area (Å²) in [6, 6.07) is 0. The highest BCUT2D eigenvalue weighted by molar-refractivity contribution is 5.87. The normalized spacial score (nSPS) is 34.9. The number of rotatable bonds is 15. The maximum atomic E-state index is 12.7. The van der Waals surface area contributed by atoms with Crippen LogP contribution in [-0.4, -0.2) is 29.1 Å². The largest absolute Gasteiger partial charge is 0.462 e. The number of aliphatic hydroxyl groups is 1. The van der Waals surface area contributed by atoms with Gasteiger partial charge in [-0.25, -0.2) is 0 Å². The molecule has 3 saturated carbocycles. The lowest BCUT2D eigenvalue weighted by atomic mass is 9.47. The minimum atomic E-state index is -0.485. The number of aliphatic hydroxyl groups excluding tert-OH is 1. The lowest BCUT2D eigenvalue weighted by Gasteiger charge is -2.58. The summed E-state index contributed by atoms with van der Waals surface area (Å²) in [5, 5.41) is 11.3. The zero-order chi connectivity index (χ0) is 29.3. The Balaban J connectivity index is 1.11. The zero-order valence-electron chi connectivity index (χ0n) is 26.4. The lowest BCUT2D eigenvalue weighted by molar-refractivity contribution is -0.152. The third-order valence-electron chi connectivity index (χ3n) is 11.4. The molecule has 0 bridgehead atoms. The van der Waals surface area contributed by atoms with E-state index in [0.29, 0.717) is 30.5 Å². The van der Waals surface area contributed by atoms with Crippen molar-refractivity contribution in [1.82, 2.24) is 0 Å². The molecule has 7 atom stereocenters. The number of carbonyl (C=O) groups is 2. The molecule has 1 N–H and O–H groups in total. The fraction of sp³-hybridized carbons (Fsp3) is 0.784. The van der Waals surface area contributed by atoms with Crippen LogP contribution < -0.4 is 0 Å². The molecule has 230 valence electrons. The van der Waals surface area contributed by atoms with E-state index in [9.17, 15) is 14.7 Å². The Labute approximate surface area is 250 Å². The van der Waals surface area contributed by atoms with Gasteiger partial charge >= 0.3 is 5.97 Å². The molecule has 0 aliphatic heterocycles. The van der Waals surface area contributed by atoms with Gasteiger partial charge in [-0.3, -0.25) is 9.59 Å². The van der Waals surface area contributed by atoms with Crippen LogP contribution >= 0.6 is 0 Å². The van der Waals surface area contributed by atoms with E-state index in [4.69, 9.17) is 4.74 Å². The van der Waals surface area contributed by atoms with Crippen LogP contribution in [-0.2, 0) is 14.3 Å². The number of Topliss-reactive ketones (excluding diaryl/α,β-unsaturated/α-hetero) is 1. The molecule has 0 amide bonds.